The highest BCUT2D eigenvalue weighted by atomic mass is 32.2. The molecule has 0 aliphatic rings. The van der Waals surface area contributed by atoms with Crippen LogP contribution in [0.15, 0.2) is 70.9 Å². The Bertz CT molecular complexity index is 985. The van der Waals surface area contributed by atoms with Crippen LogP contribution in [-0.2, 0) is 10.0 Å². The summed E-state index contributed by atoms with van der Waals surface area (Å²) in [5.74, 6) is -0.930. The fraction of sp³-hybridized carbons (Fsp3) is 0. The molecule has 0 bridgehead atoms. The number of carbonyl (C=O) groups excluding carboxylic acids is 1. The van der Waals surface area contributed by atoms with E-state index in [4.69, 9.17) is 0 Å². The maximum absolute atomic E-state index is 13.6. The van der Waals surface area contributed by atoms with E-state index in [-0.39, 0.29) is 16.5 Å². The fourth-order valence-electron chi connectivity index (χ4n) is 2.07. The molecule has 0 unspecified atom stereocenters. The van der Waals surface area contributed by atoms with Gasteiger partial charge in [0.25, 0.3) is 15.9 Å². The van der Waals surface area contributed by atoms with Crippen molar-refractivity contribution in [3.05, 3.63) is 76.7 Å². The lowest BCUT2D eigenvalue weighted by atomic mass is 10.3. The first-order valence-electron chi connectivity index (χ1n) is 7.18. The molecule has 2 N–H and O–H groups in total. The number of hydrogen-bond acceptors (Lipinski definition) is 4. The molecule has 1 aromatic heterocycles. The van der Waals surface area contributed by atoms with Crippen LogP contribution >= 0.6 is 11.3 Å². The van der Waals surface area contributed by atoms with Crippen molar-refractivity contribution in [1.29, 1.82) is 0 Å². The van der Waals surface area contributed by atoms with Crippen molar-refractivity contribution >= 4 is 38.6 Å². The van der Waals surface area contributed by atoms with Crippen molar-refractivity contribution in [2.45, 2.75) is 4.90 Å². The van der Waals surface area contributed by atoms with Crippen molar-refractivity contribution < 1.29 is 17.6 Å². The van der Waals surface area contributed by atoms with Gasteiger partial charge in [-0.1, -0.05) is 18.2 Å². The summed E-state index contributed by atoms with van der Waals surface area (Å²) >= 11 is 1.31. The van der Waals surface area contributed by atoms with E-state index in [1.165, 1.54) is 59.9 Å². The van der Waals surface area contributed by atoms with E-state index < -0.39 is 15.8 Å². The topological polar surface area (TPSA) is 75.3 Å². The predicted molar refractivity (Wildman–Crippen MR) is 95.9 cm³/mol. The summed E-state index contributed by atoms with van der Waals surface area (Å²) in [4.78, 5) is 12.5. The van der Waals surface area contributed by atoms with E-state index >= 15 is 0 Å². The molecule has 8 heteroatoms. The van der Waals surface area contributed by atoms with Gasteiger partial charge >= 0.3 is 0 Å². The monoisotopic (exact) mass is 376 g/mol. The molecule has 3 aromatic rings. The highest BCUT2D eigenvalue weighted by Gasteiger charge is 2.16. The number of thiophene rings is 1. The normalized spacial score (nSPS) is 11.1. The van der Waals surface area contributed by atoms with Crippen LogP contribution in [0.5, 0.6) is 0 Å². The number of para-hydroxylation sites is 1. The van der Waals surface area contributed by atoms with Gasteiger partial charge in [-0.3, -0.25) is 9.52 Å². The third-order valence-electron chi connectivity index (χ3n) is 3.29. The molecule has 0 aliphatic heterocycles. The fourth-order valence-corrected chi connectivity index (χ4v) is 3.75. The van der Waals surface area contributed by atoms with Crippen LogP contribution in [0.25, 0.3) is 0 Å². The van der Waals surface area contributed by atoms with E-state index in [1.807, 2.05) is 0 Å². The highest BCUT2D eigenvalue weighted by molar-refractivity contribution is 7.92. The second-order valence-electron chi connectivity index (χ2n) is 5.04. The van der Waals surface area contributed by atoms with Crippen LogP contribution in [0.1, 0.15) is 9.67 Å². The number of hydrogen-bond donors (Lipinski definition) is 2. The molecule has 3 rings (SSSR count). The summed E-state index contributed by atoms with van der Waals surface area (Å²) in [7, 11) is -3.92. The summed E-state index contributed by atoms with van der Waals surface area (Å²) in [5.41, 5.74) is 0.334. The van der Waals surface area contributed by atoms with Gasteiger partial charge in [0, 0.05) is 5.69 Å². The standard InChI is InChI=1S/C17H13FN2O3S2/c18-14-4-1-2-5-15(14)20-25(22,23)13-9-7-12(8-10-13)19-17(21)16-6-3-11-24-16/h1-11,20H,(H,19,21). The predicted octanol–water partition coefficient (Wildman–Crippen LogP) is 3.94. The van der Waals surface area contributed by atoms with Crippen molar-refractivity contribution in [3.8, 4) is 0 Å². The van der Waals surface area contributed by atoms with Crippen LogP contribution in [0, 0.1) is 5.82 Å². The molecule has 0 fully saturated rings. The Morgan fingerprint density at radius 1 is 0.960 bits per heavy atom. The van der Waals surface area contributed by atoms with E-state index in [0.717, 1.165) is 0 Å². The number of halogens is 1. The number of nitrogens with one attached hydrogen (secondary N) is 2. The van der Waals surface area contributed by atoms with Gasteiger partial charge in [-0.2, -0.15) is 0 Å². The average Bonchev–Trinajstić information content (AvgIpc) is 3.12. The molecule has 1 heterocycles. The zero-order valence-corrected chi connectivity index (χ0v) is 14.4. The number of amides is 1. The molecule has 0 spiro atoms. The third-order valence-corrected chi connectivity index (χ3v) is 5.54. The highest BCUT2D eigenvalue weighted by Crippen LogP contribution is 2.21. The van der Waals surface area contributed by atoms with Crippen LogP contribution in [-0.4, -0.2) is 14.3 Å². The Morgan fingerprint density at radius 2 is 1.68 bits per heavy atom. The second-order valence-corrected chi connectivity index (χ2v) is 7.67. The number of anilines is 2. The second kappa shape index (κ2) is 7.04. The molecule has 25 heavy (non-hydrogen) atoms. The summed E-state index contributed by atoms with van der Waals surface area (Å²) in [6.07, 6.45) is 0. The minimum absolute atomic E-state index is 0.0372. The molecular weight excluding hydrogens is 363 g/mol. The van der Waals surface area contributed by atoms with Gasteiger partial charge in [0.15, 0.2) is 0 Å². The van der Waals surface area contributed by atoms with E-state index in [0.29, 0.717) is 10.6 Å². The first-order valence-corrected chi connectivity index (χ1v) is 9.54. The van der Waals surface area contributed by atoms with Gasteiger partial charge in [0.05, 0.1) is 15.5 Å². The van der Waals surface area contributed by atoms with Gasteiger partial charge in [0.2, 0.25) is 0 Å². The Balaban J connectivity index is 1.75. The molecule has 0 aliphatic carbocycles. The molecule has 2 aromatic carbocycles. The number of benzene rings is 2. The molecule has 128 valence electrons. The van der Waals surface area contributed by atoms with E-state index in [2.05, 4.69) is 10.0 Å². The molecule has 0 radical (unpaired) electrons. The Morgan fingerprint density at radius 3 is 2.32 bits per heavy atom. The lowest BCUT2D eigenvalue weighted by Crippen LogP contribution is -2.14. The number of carbonyl (C=O) groups is 1. The van der Waals surface area contributed by atoms with E-state index in [1.54, 1.807) is 17.5 Å². The maximum Gasteiger partial charge on any atom is 0.265 e. The van der Waals surface area contributed by atoms with Crippen LogP contribution in [0.2, 0.25) is 0 Å². The SMILES string of the molecule is O=C(Nc1ccc(S(=O)(=O)Nc2ccccc2F)cc1)c1cccs1. The van der Waals surface area contributed by atoms with Gasteiger partial charge in [-0.05, 0) is 47.8 Å². The maximum atomic E-state index is 13.6. The summed E-state index contributed by atoms with van der Waals surface area (Å²) in [6.45, 7) is 0. The zero-order valence-electron chi connectivity index (χ0n) is 12.8. The lowest BCUT2D eigenvalue weighted by Gasteiger charge is -2.10. The third kappa shape index (κ3) is 4.04. The number of sulfonamides is 1. The van der Waals surface area contributed by atoms with Gasteiger partial charge in [-0.25, -0.2) is 12.8 Å². The lowest BCUT2D eigenvalue weighted by molar-refractivity contribution is 0.103. The van der Waals surface area contributed by atoms with Gasteiger partial charge < -0.3 is 5.32 Å². The first kappa shape index (κ1) is 17.1. The Hall–Kier alpha value is -2.71. The minimum atomic E-state index is -3.92. The van der Waals surface area contributed by atoms with Crippen LogP contribution < -0.4 is 10.0 Å². The van der Waals surface area contributed by atoms with E-state index in [9.17, 15) is 17.6 Å². The summed E-state index contributed by atoms with van der Waals surface area (Å²) in [5, 5.41) is 4.47. The molecule has 5 nitrogen and oxygen atoms in total. The largest absolute Gasteiger partial charge is 0.321 e. The molecule has 0 atom stereocenters. The summed E-state index contributed by atoms with van der Waals surface area (Å²) in [6, 6.07) is 14.6. The Labute approximate surface area is 148 Å². The minimum Gasteiger partial charge on any atom is -0.321 e. The van der Waals surface area contributed by atoms with Gasteiger partial charge in [0.1, 0.15) is 5.82 Å². The Kier molecular flexibility index (Phi) is 4.82. The number of rotatable bonds is 5. The van der Waals surface area contributed by atoms with Crippen molar-refractivity contribution in [2.75, 3.05) is 10.0 Å². The molecular formula is C17H13FN2O3S2. The molecule has 0 saturated heterocycles. The van der Waals surface area contributed by atoms with Crippen molar-refractivity contribution in [2.24, 2.45) is 0 Å². The molecule has 0 saturated carbocycles. The van der Waals surface area contributed by atoms with Crippen LogP contribution in [0.4, 0.5) is 15.8 Å². The zero-order chi connectivity index (χ0) is 17.9. The summed E-state index contributed by atoms with van der Waals surface area (Å²) < 4.78 is 40.4. The smallest absolute Gasteiger partial charge is 0.265 e. The van der Waals surface area contributed by atoms with Crippen LogP contribution in [0.3, 0.4) is 0 Å². The quantitative estimate of drug-likeness (QED) is 0.708. The van der Waals surface area contributed by atoms with Crippen molar-refractivity contribution in [1.82, 2.24) is 0 Å². The first-order chi connectivity index (χ1) is 12.0. The molecule has 1 amide bonds. The average molecular weight is 376 g/mol. The van der Waals surface area contributed by atoms with Crippen molar-refractivity contribution in [3.63, 3.8) is 0 Å². The van der Waals surface area contributed by atoms with Gasteiger partial charge in [-0.15, -0.1) is 11.3 Å².